The van der Waals surface area contributed by atoms with Gasteiger partial charge in [-0.1, -0.05) is 29.3 Å². The van der Waals surface area contributed by atoms with Crippen molar-refractivity contribution >= 4 is 45.6 Å². The summed E-state index contributed by atoms with van der Waals surface area (Å²) in [5.41, 5.74) is 2.94. The molecule has 2 fully saturated rings. The van der Waals surface area contributed by atoms with E-state index >= 15 is 0 Å². The van der Waals surface area contributed by atoms with Crippen LogP contribution in [0.5, 0.6) is 5.75 Å². The van der Waals surface area contributed by atoms with Crippen LogP contribution in [0.4, 0.5) is 18.3 Å². The van der Waals surface area contributed by atoms with Gasteiger partial charge in [-0.05, 0) is 93.8 Å². The first-order valence-electron chi connectivity index (χ1n) is 15.6. The van der Waals surface area contributed by atoms with Crippen LogP contribution in [0.15, 0.2) is 47.8 Å². The van der Waals surface area contributed by atoms with Crippen molar-refractivity contribution in [3.05, 3.63) is 63.5 Å². The van der Waals surface area contributed by atoms with Crippen LogP contribution >= 0.6 is 34.5 Å². The summed E-state index contributed by atoms with van der Waals surface area (Å²) < 4.78 is 46.4. The highest BCUT2D eigenvalue weighted by Gasteiger charge is 2.44. The van der Waals surface area contributed by atoms with Crippen LogP contribution in [0.2, 0.25) is 10.0 Å². The maximum Gasteiger partial charge on any atom is 0.471 e. The number of hydrogen-bond acceptors (Lipinski definition) is 6. The van der Waals surface area contributed by atoms with E-state index in [-0.39, 0.29) is 6.54 Å². The molecule has 244 valence electrons. The fourth-order valence-corrected chi connectivity index (χ4v) is 7.39. The maximum absolute atomic E-state index is 13.5. The summed E-state index contributed by atoms with van der Waals surface area (Å²) in [6, 6.07) is 13.2. The molecule has 0 spiro atoms. The third kappa shape index (κ3) is 9.05. The fourth-order valence-electron chi connectivity index (χ4n) is 6.11. The van der Waals surface area contributed by atoms with E-state index in [0.29, 0.717) is 73.8 Å². The molecule has 1 amide bonds. The normalized spacial score (nSPS) is 18.3. The molecule has 2 aliphatic rings. The molecule has 2 aliphatic heterocycles. The average molecular weight is 684 g/mol. The molecule has 0 bridgehead atoms. The zero-order valence-electron chi connectivity index (χ0n) is 25.4. The smallest absolute Gasteiger partial charge is 0.471 e. The number of rotatable bonds is 11. The van der Waals surface area contributed by atoms with Crippen molar-refractivity contribution in [2.75, 3.05) is 37.7 Å². The lowest BCUT2D eigenvalue weighted by atomic mass is 10.0. The number of likely N-dealkylation sites (tertiary alicyclic amines) is 1. The number of benzene rings is 2. The predicted octanol–water partition coefficient (Wildman–Crippen LogP) is 8.71. The number of amides is 1. The van der Waals surface area contributed by atoms with Crippen molar-refractivity contribution in [3.8, 4) is 17.0 Å². The van der Waals surface area contributed by atoms with Gasteiger partial charge in [-0.25, -0.2) is 4.98 Å². The molecule has 0 aliphatic carbocycles. The van der Waals surface area contributed by atoms with Crippen molar-refractivity contribution in [2.24, 2.45) is 0 Å². The lowest BCUT2D eigenvalue weighted by Gasteiger charge is -2.39. The van der Waals surface area contributed by atoms with Crippen LogP contribution in [-0.4, -0.2) is 71.7 Å². The van der Waals surface area contributed by atoms with E-state index in [4.69, 9.17) is 32.9 Å². The third-order valence-electron chi connectivity index (χ3n) is 8.64. The Kier molecular flexibility index (Phi) is 11.6. The average Bonchev–Trinajstić information content (AvgIpc) is 3.51. The van der Waals surface area contributed by atoms with E-state index in [0.717, 1.165) is 33.4 Å². The van der Waals surface area contributed by atoms with Crippen LogP contribution in [-0.2, 0) is 11.3 Å². The zero-order valence-corrected chi connectivity index (χ0v) is 27.7. The second kappa shape index (κ2) is 15.4. The Bertz CT molecular complexity index is 1410. The highest BCUT2D eigenvalue weighted by atomic mass is 35.5. The van der Waals surface area contributed by atoms with Gasteiger partial charge in [-0.15, -0.1) is 11.3 Å². The maximum atomic E-state index is 13.5. The first-order chi connectivity index (χ1) is 21.6. The standard InChI is InChI=1S/C33H39Cl2F3N4O2S/c1-23-6-2-3-15-41(23)32-39-30(22-45-32)25-8-10-27(11-9-25)44-19-5-4-16-42(31(43)33(36,37)38)26-13-17-40(18-14-26)21-24-7-12-28(34)29(35)20-24/h7-12,20,22-23,26H,2-6,13-19,21H2,1H3. The fraction of sp³-hybridized carbons (Fsp3) is 0.515. The Labute approximate surface area is 277 Å². The van der Waals surface area contributed by atoms with Crippen LogP contribution in [0, 0.1) is 0 Å². The van der Waals surface area contributed by atoms with Gasteiger partial charge in [0.05, 0.1) is 22.3 Å². The van der Waals surface area contributed by atoms with Crippen LogP contribution < -0.4 is 9.64 Å². The molecule has 2 aromatic carbocycles. The van der Waals surface area contributed by atoms with E-state index in [9.17, 15) is 18.0 Å². The molecule has 3 heterocycles. The second-order valence-electron chi connectivity index (χ2n) is 11.9. The number of piperidine rings is 2. The highest BCUT2D eigenvalue weighted by molar-refractivity contribution is 7.14. The molecule has 6 nitrogen and oxygen atoms in total. The van der Waals surface area contributed by atoms with E-state index in [2.05, 4.69) is 22.1 Å². The Hall–Kier alpha value is -2.53. The van der Waals surface area contributed by atoms with Crippen molar-refractivity contribution in [1.82, 2.24) is 14.8 Å². The quantitative estimate of drug-likeness (QED) is 0.189. The molecule has 45 heavy (non-hydrogen) atoms. The SMILES string of the molecule is CC1CCCCN1c1nc(-c2ccc(OCCCCN(C(=O)C(F)(F)F)C3CCN(Cc4ccc(Cl)c(Cl)c4)CC3)cc2)cs1. The number of alkyl halides is 3. The Morgan fingerprint density at radius 2 is 1.78 bits per heavy atom. The molecule has 1 aromatic heterocycles. The molecule has 5 rings (SSSR count). The van der Waals surface area contributed by atoms with Gasteiger partial charge in [0.15, 0.2) is 5.13 Å². The second-order valence-corrected chi connectivity index (χ2v) is 13.5. The number of halogens is 5. The largest absolute Gasteiger partial charge is 0.494 e. The molecule has 2 saturated heterocycles. The molecule has 1 atom stereocenters. The minimum absolute atomic E-state index is 0.0416. The van der Waals surface area contributed by atoms with Gasteiger partial charge in [0.1, 0.15) is 5.75 Å². The van der Waals surface area contributed by atoms with Gasteiger partial charge in [-0.3, -0.25) is 9.69 Å². The predicted molar refractivity (Wildman–Crippen MR) is 175 cm³/mol. The number of anilines is 1. The van der Waals surface area contributed by atoms with Gasteiger partial charge in [0.25, 0.3) is 0 Å². The van der Waals surface area contributed by atoms with E-state index < -0.39 is 18.1 Å². The number of thiazole rings is 1. The minimum Gasteiger partial charge on any atom is -0.494 e. The summed E-state index contributed by atoms with van der Waals surface area (Å²) in [6.07, 6.45) is 0.655. The molecular formula is C33H39Cl2F3N4O2S. The van der Waals surface area contributed by atoms with Crippen molar-refractivity contribution in [1.29, 1.82) is 0 Å². The zero-order chi connectivity index (χ0) is 32.0. The van der Waals surface area contributed by atoms with Crippen molar-refractivity contribution < 1.29 is 22.7 Å². The first-order valence-corrected chi connectivity index (χ1v) is 17.2. The summed E-state index contributed by atoms with van der Waals surface area (Å²) in [5.74, 6) is -1.07. The minimum atomic E-state index is -4.90. The van der Waals surface area contributed by atoms with Crippen LogP contribution in [0.25, 0.3) is 11.3 Å². The molecule has 12 heteroatoms. The van der Waals surface area contributed by atoms with Crippen LogP contribution in [0.3, 0.4) is 0 Å². The Balaban J connectivity index is 1.08. The van der Waals surface area contributed by atoms with Gasteiger partial charge in [-0.2, -0.15) is 13.2 Å². The first kappa shape index (κ1) is 33.8. The molecule has 0 N–H and O–H groups in total. The Morgan fingerprint density at radius 1 is 1.02 bits per heavy atom. The number of carbonyl (C=O) groups is 1. The Morgan fingerprint density at radius 3 is 2.47 bits per heavy atom. The number of carbonyl (C=O) groups excluding carboxylic acids is 1. The van der Waals surface area contributed by atoms with Gasteiger partial charge >= 0.3 is 12.1 Å². The van der Waals surface area contributed by atoms with Crippen molar-refractivity contribution in [2.45, 2.75) is 76.7 Å². The van der Waals surface area contributed by atoms with Crippen LogP contribution in [0.1, 0.15) is 57.4 Å². The summed E-state index contributed by atoms with van der Waals surface area (Å²) in [4.78, 5) is 22.8. The number of aromatic nitrogens is 1. The molecule has 3 aromatic rings. The van der Waals surface area contributed by atoms with E-state index in [1.165, 1.54) is 19.3 Å². The molecule has 0 saturated carbocycles. The van der Waals surface area contributed by atoms with E-state index in [1.54, 1.807) is 23.5 Å². The lowest BCUT2D eigenvalue weighted by molar-refractivity contribution is -0.188. The summed E-state index contributed by atoms with van der Waals surface area (Å²) in [6.45, 7) is 5.49. The van der Waals surface area contributed by atoms with Gasteiger partial charge < -0.3 is 14.5 Å². The monoisotopic (exact) mass is 682 g/mol. The number of hydrogen-bond donors (Lipinski definition) is 0. The third-order valence-corrected chi connectivity index (χ3v) is 10.3. The summed E-state index contributed by atoms with van der Waals surface area (Å²) >= 11 is 13.8. The topological polar surface area (TPSA) is 48.9 Å². The summed E-state index contributed by atoms with van der Waals surface area (Å²) in [7, 11) is 0. The van der Waals surface area contributed by atoms with Crippen molar-refractivity contribution in [3.63, 3.8) is 0 Å². The molecular weight excluding hydrogens is 644 g/mol. The van der Waals surface area contributed by atoms with Gasteiger partial charge in [0, 0.05) is 55.8 Å². The molecule has 1 unspecified atom stereocenters. The van der Waals surface area contributed by atoms with E-state index in [1.807, 2.05) is 30.3 Å². The highest BCUT2D eigenvalue weighted by Crippen LogP contribution is 2.32. The number of ether oxygens (including phenoxy) is 1. The summed E-state index contributed by atoms with van der Waals surface area (Å²) in [5, 5.41) is 4.09. The lowest BCUT2D eigenvalue weighted by Crippen LogP contribution is -2.51. The molecule has 0 radical (unpaired) electrons. The number of unbranched alkanes of at least 4 members (excludes halogenated alkanes) is 1. The van der Waals surface area contributed by atoms with Gasteiger partial charge in [0.2, 0.25) is 0 Å². The number of nitrogens with zero attached hydrogens (tertiary/aromatic N) is 4.